The minimum Gasteiger partial charge on any atom is -0.456 e. The van der Waals surface area contributed by atoms with Crippen LogP contribution in [-0.2, 0) is 17.5 Å². The van der Waals surface area contributed by atoms with Gasteiger partial charge in [0.25, 0.3) is 0 Å². The van der Waals surface area contributed by atoms with Crippen LogP contribution in [-0.4, -0.2) is 10.1 Å². The van der Waals surface area contributed by atoms with Crippen LogP contribution in [0.25, 0.3) is 11.4 Å². The fourth-order valence-electron chi connectivity index (χ4n) is 2.70. The molecular weight excluding hydrogens is 393 g/mol. The minimum atomic E-state index is -4.62. The quantitative estimate of drug-likeness (QED) is 0.455. The highest BCUT2D eigenvalue weighted by molar-refractivity contribution is 6.16. The van der Waals surface area contributed by atoms with Crippen LogP contribution >= 0.6 is 11.6 Å². The van der Waals surface area contributed by atoms with Gasteiger partial charge in [-0.25, -0.2) is 0 Å². The van der Waals surface area contributed by atoms with E-state index < -0.39 is 11.7 Å². The molecule has 0 N–H and O–H groups in total. The van der Waals surface area contributed by atoms with Crippen LogP contribution in [0.4, 0.5) is 13.2 Å². The van der Waals surface area contributed by atoms with Gasteiger partial charge in [-0.2, -0.15) is 18.2 Å². The van der Waals surface area contributed by atoms with E-state index in [1.54, 1.807) is 12.1 Å². The standard InChI is InChI=1S/C20H18ClF3N2O2/c1-19(2,3)13-6-4-5-7-15(13)27-16-9-8-12(10-14(16)20(22,23)24)18-25-17(11-21)28-26-18/h4-10H,11H2,1-3H3. The molecular formula is C20H18ClF3N2O2. The second-order valence-electron chi connectivity index (χ2n) is 7.20. The molecule has 0 saturated heterocycles. The van der Waals surface area contributed by atoms with Gasteiger partial charge >= 0.3 is 6.18 Å². The number of para-hydroxylation sites is 1. The van der Waals surface area contributed by atoms with Crippen molar-refractivity contribution in [2.75, 3.05) is 0 Å². The number of halogens is 4. The Morgan fingerprint density at radius 2 is 1.68 bits per heavy atom. The van der Waals surface area contributed by atoms with Gasteiger partial charge in [-0.3, -0.25) is 0 Å². The van der Waals surface area contributed by atoms with Crippen molar-refractivity contribution in [1.29, 1.82) is 0 Å². The second kappa shape index (κ2) is 7.47. The Morgan fingerprint density at radius 3 is 2.29 bits per heavy atom. The Morgan fingerprint density at radius 1 is 1.00 bits per heavy atom. The second-order valence-corrected chi connectivity index (χ2v) is 7.47. The number of alkyl halides is 4. The first kappa shape index (κ1) is 20.2. The maximum Gasteiger partial charge on any atom is 0.420 e. The van der Waals surface area contributed by atoms with Crippen molar-refractivity contribution in [2.24, 2.45) is 0 Å². The Bertz CT molecular complexity index is 978. The number of rotatable bonds is 4. The van der Waals surface area contributed by atoms with Gasteiger partial charge in [-0.05, 0) is 29.7 Å². The first-order valence-corrected chi connectivity index (χ1v) is 9.00. The van der Waals surface area contributed by atoms with Crippen molar-refractivity contribution in [3.63, 3.8) is 0 Å². The summed E-state index contributed by atoms with van der Waals surface area (Å²) < 4.78 is 51.6. The van der Waals surface area contributed by atoms with Crippen molar-refractivity contribution in [3.8, 4) is 22.9 Å². The van der Waals surface area contributed by atoms with E-state index in [9.17, 15) is 13.2 Å². The highest BCUT2D eigenvalue weighted by Gasteiger charge is 2.35. The smallest absolute Gasteiger partial charge is 0.420 e. The summed E-state index contributed by atoms with van der Waals surface area (Å²) in [6.45, 7) is 5.90. The van der Waals surface area contributed by atoms with E-state index in [4.69, 9.17) is 20.9 Å². The fraction of sp³-hybridized carbons (Fsp3) is 0.300. The normalized spacial score (nSPS) is 12.2. The predicted octanol–water partition coefficient (Wildman–Crippen LogP) is 6.58. The minimum absolute atomic E-state index is 0.0239. The lowest BCUT2D eigenvalue weighted by Crippen LogP contribution is -2.13. The summed E-state index contributed by atoms with van der Waals surface area (Å²) in [6.07, 6.45) is -4.62. The number of aromatic nitrogens is 2. The number of hydrogen-bond donors (Lipinski definition) is 0. The molecule has 0 spiro atoms. The maximum absolute atomic E-state index is 13.7. The van der Waals surface area contributed by atoms with Crippen LogP contribution in [0.5, 0.6) is 11.5 Å². The van der Waals surface area contributed by atoms with Crippen LogP contribution in [0.3, 0.4) is 0 Å². The molecule has 0 amide bonds. The van der Waals surface area contributed by atoms with Gasteiger partial charge in [-0.15, -0.1) is 11.6 Å². The first-order valence-electron chi connectivity index (χ1n) is 8.47. The van der Waals surface area contributed by atoms with Gasteiger partial charge in [0.05, 0.1) is 5.56 Å². The molecule has 8 heteroatoms. The van der Waals surface area contributed by atoms with Crippen molar-refractivity contribution in [1.82, 2.24) is 10.1 Å². The van der Waals surface area contributed by atoms with Gasteiger partial charge in [0.2, 0.25) is 11.7 Å². The molecule has 0 aliphatic heterocycles. The van der Waals surface area contributed by atoms with Crippen LogP contribution < -0.4 is 4.74 Å². The van der Waals surface area contributed by atoms with Crippen LogP contribution in [0, 0.1) is 0 Å². The maximum atomic E-state index is 13.7. The van der Waals surface area contributed by atoms with Crippen LogP contribution in [0.15, 0.2) is 47.0 Å². The number of benzene rings is 2. The summed E-state index contributed by atoms with van der Waals surface area (Å²) in [5, 5.41) is 3.66. The Labute approximate surface area is 165 Å². The summed E-state index contributed by atoms with van der Waals surface area (Å²) in [6, 6.07) is 10.7. The van der Waals surface area contributed by atoms with E-state index in [0.29, 0.717) is 5.75 Å². The van der Waals surface area contributed by atoms with Gasteiger partial charge in [0.15, 0.2) is 0 Å². The molecule has 0 bridgehead atoms. The zero-order valence-corrected chi connectivity index (χ0v) is 16.2. The molecule has 1 heterocycles. The van der Waals surface area contributed by atoms with Gasteiger partial charge in [-0.1, -0.05) is 44.1 Å². The van der Waals surface area contributed by atoms with Crippen molar-refractivity contribution < 1.29 is 22.4 Å². The van der Waals surface area contributed by atoms with Crippen molar-refractivity contribution >= 4 is 11.6 Å². The summed E-state index contributed by atoms with van der Waals surface area (Å²) >= 11 is 5.60. The third kappa shape index (κ3) is 4.30. The highest BCUT2D eigenvalue weighted by Crippen LogP contribution is 2.42. The highest BCUT2D eigenvalue weighted by atomic mass is 35.5. The lowest BCUT2D eigenvalue weighted by molar-refractivity contribution is -0.138. The molecule has 0 atom stereocenters. The molecule has 0 radical (unpaired) electrons. The van der Waals surface area contributed by atoms with Crippen LogP contribution in [0.2, 0.25) is 0 Å². The van der Waals surface area contributed by atoms with E-state index in [1.165, 1.54) is 12.1 Å². The first-order chi connectivity index (χ1) is 13.1. The zero-order valence-electron chi connectivity index (χ0n) is 15.5. The number of hydrogen-bond acceptors (Lipinski definition) is 4. The molecule has 148 valence electrons. The fourth-order valence-corrected chi connectivity index (χ4v) is 2.81. The van der Waals surface area contributed by atoms with E-state index in [2.05, 4.69) is 10.1 Å². The molecule has 0 fully saturated rings. The van der Waals surface area contributed by atoms with E-state index >= 15 is 0 Å². The Balaban J connectivity index is 2.05. The molecule has 3 rings (SSSR count). The zero-order chi connectivity index (χ0) is 20.5. The third-order valence-electron chi connectivity index (χ3n) is 4.04. The monoisotopic (exact) mass is 410 g/mol. The number of nitrogens with zero attached hydrogens (tertiary/aromatic N) is 2. The number of ether oxygens (including phenoxy) is 1. The van der Waals surface area contributed by atoms with Gasteiger partial charge in [0, 0.05) is 11.1 Å². The summed E-state index contributed by atoms with van der Waals surface area (Å²) in [7, 11) is 0. The average Bonchev–Trinajstić information content (AvgIpc) is 3.10. The molecule has 0 unspecified atom stereocenters. The topological polar surface area (TPSA) is 48.2 Å². The Kier molecular flexibility index (Phi) is 5.39. The molecule has 4 nitrogen and oxygen atoms in total. The molecule has 28 heavy (non-hydrogen) atoms. The van der Waals surface area contributed by atoms with Gasteiger partial charge < -0.3 is 9.26 Å². The van der Waals surface area contributed by atoms with Crippen molar-refractivity contribution in [3.05, 3.63) is 59.5 Å². The molecule has 1 aromatic heterocycles. The predicted molar refractivity (Wildman–Crippen MR) is 99.5 cm³/mol. The average molecular weight is 411 g/mol. The third-order valence-corrected chi connectivity index (χ3v) is 4.27. The lowest BCUT2D eigenvalue weighted by atomic mass is 9.86. The molecule has 0 aliphatic rings. The largest absolute Gasteiger partial charge is 0.456 e. The van der Waals surface area contributed by atoms with E-state index in [1.807, 2.05) is 32.9 Å². The summed E-state index contributed by atoms with van der Waals surface area (Å²) in [5.41, 5.74) is -0.260. The SMILES string of the molecule is CC(C)(C)c1ccccc1Oc1ccc(-c2noc(CCl)n2)cc1C(F)(F)F. The summed E-state index contributed by atoms with van der Waals surface area (Å²) in [5.74, 6) is 0.211. The molecule has 2 aromatic carbocycles. The van der Waals surface area contributed by atoms with Gasteiger partial charge in [0.1, 0.15) is 17.4 Å². The van der Waals surface area contributed by atoms with Crippen molar-refractivity contribution in [2.45, 2.75) is 38.2 Å². The molecule has 0 saturated carbocycles. The summed E-state index contributed by atoms with van der Waals surface area (Å²) in [4.78, 5) is 3.96. The lowest BCUT2D eigenvalue weighted by Gasteiger charge is -2.23. The molecule has 0 aliphatic carbocycles. The Hall–Kier alpha value is -2.54. The van der Waals surface area contributed by atoms with E-state index in [0.717, 1.165) is 11.6 Å². The van der Waals surface area contributed by atoms with E-state index in [-0.39, 0.29) is 34.3 Å². The van der Waals surface area contributed by atoms with Crippen LogP contribution in [0.1, 0.15) is 37.8 Å². The molecule has 3 aromatic rings.